The molecule has 0 amide bonds. The van der Waals surface area contributed by atoms with Crippen molar-refractivity contribution in [3.63, 3.8) is 0 Å². The summed E-state index contributed by atoms with van der Waals surface area (Å²) in [4.78, 5) is 5.63. The average Bonchev–Trinajstić information content (AvgIpc) is 3.45. The maximum absolute atomic E-state index is 10.4. The largest absolute Gasteiger partial charge is 0.497 e. The Bertz CT molecular complexity index is 966. The van der Waals surface area contributed by atoms with Crippen molar-refractivity contribution in [1.29, 1.82) is 0 Å². The van der Waals surface area contributed by atoms with Gasteiger partial charge in [0.25, 0.3) is 0 Å². The van der Waals surface area contributed by atoms with Gasteiger partial charge >= 0.3 is 0 Å². The lowest BCUT2D eigenvalue weighted by molar-refractivity contribution is 0.0753. The molecule has 1 aliphatic heterocycles. The highest BCUT2D eigenvalue weighted by Crippen LogP contribution is 2.25. The number of nitrogens with one attached hydrogen (secondary N) is 2. The number of para-hydroxylation sites is 1. The summed E-state index contributed by atoms with van der Waals surface area (Å²) in [5, 5.41) is 15.2. The van der Waals surface area contributed by atoms with Gasteiger partial charge in [-0.3, -0.25) is 0 Å². The number of rotatable bonds is 11. The molecule has 0 aliphatic carbocycles. The van der Waals surface area contributed by atoms with Gasteiger partial charge in [0.2, 0.25) is 0 Å². The quantitative estimate of drug-likeness (QED) is 0.413. The highest BCUT2D eigenvalue weighted by molar-refractivity contribution is 5.83. The van der Waals surface area contributed by atoms with Gasteiger partial charge in [0, 0.05) is 41.8 Å². The molecule has 0 radical (unpaired) electrons. The molecular formula is C25H33N3O3. The van der Waals surface area contributed by atoms with Crippen LogP contribution in [-0.2, 0) is 13.0 Å². The first kappa shape index (κ1) is 21.7. The fourth-order valence-electron chi connectivity index (χ4n) is 4.23. The standard InChI is InChI=1S/C25H33N3O3/c1-30-22-9-8-20(25(14-22)31-18-21(29)17-28-12-4-5-13-28)15-26-11-10-19-16-27-24-7-3-2-6-23(19)24/h2-3,6-9,14,16,21,26-27,29H,4-5,10-13,15,17-18H2,1H3. The Morgan fingerprint density at radius 3 is 2.81 bits per heavy atom. The Balaban J connectivity index is 1.30. The molecule has 2 heterocycles. The summed E-state index contributed by atoms with van der Waals surface area (Å²) in [5.74, 6) is 1.52. The number of methoxy groups -OCH3 is 1. The highest BCUT2D eigenvalue weighted by Gasteiger charge is 2.17. The zero-order valence-corrected chi connectivity index (χ0v) is 18.3. The van der Waals surface area contributed by atoms with Crippen LogP contribution < -0.4 is 14.8 Å². The predicted molar refractivity (Wildman–Crippen MR) is 124 cm³/mol. The molecule has 1 atom stereocenters. The van der Waals surface area contributed by atoms with Crippen molar-refractivity contribution in [3.8, 4) is 11.5 Å². The van der Waals surface area contributed by atoms with Crippen LogP contribution in [0.1, 0.15) is 24.0 Å². The molecule has 166 valence electrons. The van der Waals surface area contributed by atoms with Gasteiger partial charge in [0.15, 0.2) is 0 Å². The highest BCUT2D eigenvalue weighted by atomic mass is 16.5. The zero-order valence-electron chi connectivity index (χ0n) is 18.3. The molecule has 1 saturated heterocycles. The lowest BCUT2D eigenvalue weighted by Gasteiger charge is -2.20. The van der Waals surface area contributed by atoms with Crippen LogP contribution in [0.15, 0.2) is 48.7 Å². The van der Waals surface area contributed by atoms with Gasteiger partial charge in [-0.1, -0.05) is 24.3 Å². The van der Waals surface area contributed by atoms with Crippen molar-refractivity contribution in [2.75, 3.05) is 39.9 Å². The molecule has 1 aliphatic rings. The predicted octanol–water partition coefficient (Wildman–Crippen LogP) is 3.34. The SMILES string of the molecule is COc1ccc(CNCCc2c[nH]c3ccccc23)c(OCC(O)CN2CCCC2)c1. The second-order valence-corrected chi connectivity index (χ2v) is 8.23. The third kappa shape index (κ3) is 5.79. The van der Waals surface area contributed by atoms with Gasteiger partial charge < -0.3 is 29.8 Å². The first-order valence-corrected chi connectivity index (χ1v) is 11.2. The normalized spacial score (nSPS) is 15.4. The summed E-state index contributed by atoms with van der Waals surface area (Å²) in [5.41, 5.74) is 3.56. The number of H-pyrrole nitrogens is 1. The molecule has 2 aromatic carbocycles. The van der Waals surface area contributed by atoms with Crippen LogP contribution in [0.3, 0.4) is 0 Å². The number of likely N-dealkylation sites (tertiary alicyclic amines) is 1. The van der Waals surface area contributed by atoms with E-state index in [0.717, 1.165) is 43.1 Å². The minimum atomic E-state index is -0.494. The van der Waals surface area contributed by atoms with Crippen molar-refractivity contribution >= 4 is 10.9 Å². The maximum atomic E-state index is 10.4. The van der Waals surface area contributed by atoms with Crippen molar-refractivity contribution in [2.45, 2.75) is 31.9 Å². The minimum absolute atomic E-state index is 0.284. The van der Waals surface area contributed by atoms with Crippen LogP contribution in [0, 0.1) is 0 Å². The topological polar surface area (TPSA) is 69.8 Å². The molecule has 0 bridgehead atoms. The molecule has 3 N–H and O–H groups in total. The number of ether oxygens (including phenoxy) is 2. The van der Waals surface area contributed by atoms with Crippen molar-refractivity contribution in [2.24, 2.45) is 0 Å². The van der Waals surface area contributed by atoms with Crippen LogP contribution in [-0.4, -0.2) is 61.0 Å². The van der Waals surface area contributed by atoms with E-state index in [0.29, 0.717) is 13.1 Å². The van der Waals surface area contributed by atoms with Crippen molar-refractivity contribution < 1.29 is 14.6 Å². The Morgan fingerprint density at radius 1 is 1.13 bits per heavy atom. The number of hydrogen-bond acceptors (Lipinski definition) is 5. The minimum Gasteiger partial charge on any atom is -0.497 e. The van der Waals surface area contributed by atoms with E-state index in [9.17, 15) is 5.11 Å². The molecule has 6 nitrogen and oxygen atoms in total. The number of aliphatic hydroxyl groups excluding tert-OH is 1. The number of benzene rings is 2. The van der Waals surface area contributed by atoms with Gasteiger partial charge in [-0.05, 0) is 56.6 Å². The van der Waals surface area contributed by atoms with E-state index in [4.69, 9.17) is 9.47 Å². The number of β-amino-alcohol motifs (C(OH)–C–C–N with tert-alkyl or cyclic N) is 1. The van der Waals surface area contributed by atoms with Gasteiger partial charge in [-0.25, -0.2) is 0 Å². The fraction of sp³-hybridized carbons (Fsp3) is 0.440. The van der Waals surface area contributed by atoms with Crippen LogP contribution in [0.25, 0.3) is 10.9 Å². The second kappa shape index (κ2) is 10.7. The van der Waals surface area contributed by atoms with Gasteiger partial charge in [0.1, 0.15) is 24.2 Å². The Labute approximate surface area is 184 Å². The van der Waals surface area contributed by atoms with E-state index in [1.165, 1.54) is 29.3 Å². The van der Waals surface area contributed by atoms with E-state index in [-0.39, 0.29) is 6.61 Å². The number of aromatic amines is 1. The summed E-state index contributed by atoms with van der Waals surface area (Å²) < 4.78 is 11.4. The van der Waals surface area contributed by atoms with Crippen LogP contribution in [0.4, 0.5) is 0 Å². The second-order valence-electron chi connectivity index (χ2n) is 8.23. The monoisotopic (exact) mass is 423 g/mol. The zero-order chi connectivity index (χ0) is 21.5. The number of fused-ring (bicyclic) bond motifs is 1. The van der Waals surface area contributed by atoms with Crippen molar-refractivity contribution in [3.05, 3.63) is 59.8 Å². The smallest absolute Gasteiger partial charge is 0.127 e. The van der Waals surface area contributed by atoms with Crippen LogP contribution in [0.2, 0.25) is 0 Å². The molecule has 0 saturated carbocycles. The molecule has 31 heavy (non-hydrogen) atoms. The summed E-state index contributed by atoms with van der Waals surface area (Å²) >= 11 is 0. The van der Waals surface area contributed by atoms with Gasteiger partial charge in [0.05, 0.1) is 7.11 Å². The van der Waals surface area contributed by atoms with Crippen LogP contribution in [0.5, 0.6) is 11.5 Å². The number of aliphatic hydroxyl groups is 1. The summed E-state index contributed by atoms with van der Waals surface area (Å²) in [7, 11) is 1.65. The Kier molecular flexibility index (Phi) is 7.46. The first-order valence-electron chi connectivity index (χ1n) is 11.2. The molecule has 1 aromatic heterocycles. The van der Waals surface area contributed by atoms with E-state index >= 15 is 0 Å². The van der Waals surface area contributed by atoms with Gasteiger partial charge in [-0.15, -0.1) is 0 Å². The molecule has 1 fully saturated rings. The third-order valence-corrected chi connectivity index (χ3v) is 5.93. The summed E-state index contributed by atoms with van der Waals surface area (Å²) in [6.07, 6.45) is 4.99. The number of hydrogen-bond donors (Lipinski definition) is 3. The Hall–Kier alpha value is -2.54. The molecule has 0 spiro atoms. The molecular weight excluding hydrogens is 390 g/mol. The molecule has 6 heteroatoms. The molecule has 4 rings (SSSR count). The van der Waals surface area contributed by atoms with Crippen LogP contribution >= 0.6 is 0 Å². The average molecular weight is 424 g/mol. The molecule has 1 unspecified atom stereocenters. The maximum Gasteiger partial charge on any atom is 0.127 e. The Morgan fingerprint density at radius 2 is 1.97 bits per heavy atom. The lowest BCUT2D eigenvalue weighted by atomic mass is 10.1. The van der Waals surface area contributed by atoms with E-state index < -0.39 is 6.10 Å². The number of aromatic nitrogens is 1. The summed E-state index contributed by atoms with van der Waals surface area (Å²) in [6, 6.07) is 14.3. The summed E-state index contributed by atoms with van der Waals surface area (Å²) in [6.45, 7) is 4.66. The first-order chi connectivity index (χ1) is 15.2. The van der Waals surface area contributed by atoms with E-state index in [1.54, 1.807) is 7.11 Å². The number of nitrogens with zero attached hydrogens (tertiary/aromatic N) is 1. The van der Waals surface area contributed by atoms with Gasteiger partial charge in [-0.2, -0.15) is 0 Å². The fourth-order valence-corrected chi connectivity index (χ4v) is 4.23. The van der Waals surface area contributed by atoms with E-state index in [1.807, 2.05) is 24.3 Å². The lowest BCUT2D eigenvalue weighted by Crippen LogP contribution is -2.33. The van der Waals surface area contributed by atoms with E-state index in [2.05, 4.69) is 39.6 Å². The third-order valence-electron chi connectivity index (χ3n) is 5.93. The molecule has 3 aromatic rings. The van der Waals surface area contributed by atoms with Crippen molar-refractivity contribution in [1.82, 2.24) is 15.2 Å².